The zero-order valence-corrected chi connectivity index (χ0v) is 19.3. The van der Waals surface area contributed by atoms with Crippen LogP contribution in [-0.2, 0) is 22.7 Å². The first-order chi connectivity index (χ1) is 17.1. The van der Waals surface area contributed by atoms with Crippen LogP contribution in [0.5, 0.6) is 0 Å². The molecule has 2 amide bonds. The second-order valence-corrected chi connectivity index (χ2v) is 8.33. The van der Waals surface area contributed by atoms with Crippen LogP contribution < -0.4 is 10.6 Å². The number of piperidine rings is 1. The van der Waals surface area contributed by atoms with E-state index in [9.17, 15) is 14.0 Å². The lowest BCUT2D eigenvalue weighted by Gasteiger charge is -2.32. The van der Waals surface area contributed by atoms with E-state index >= 15 is 0 Å². The maximum absolute atomic E-state index is 14.6. The van der Waals surface area contributed by atoms with Crippen LogP contribution in [0, 0.1) is 5.82 Å². The Morgan fingerprint density at radius 1 is 0.857 bits per heavy atom. The van der Waals surface area contributed by atoms with Crippen LogP contribution in [0.1, 0.15) is 24.0 Å². The summed E-state index contributed by atoms with van der Waals surface area (Å²) in [5, 5.41) is 5.73. The lowest BCUT2D eigenvalue weighted by atomic mass is 10.0. The zero-order chi connectivity index (χ0) is 24.5. The number of nitrogens with zero attached hydrogens (tertiary/aromatic N) is 1. The molecule has 35 heavy (non-hydrogen) atoms. The third-order valence-corrected chi connectivity index (χ3v) is 5.75. The molecule has 4 rings (SSSR count). The minimum absolute atomic E-state index is 0.0253. The van der Waals surface area contributed by atoms with Crippen molar-refractivity contribution >= 4 is 23.6 Å². The second kappa shape index (κ2) is 11.9. The number of hydrogen-bond acceptors (Lipinski definition) is 5. The summed E-state index contributed by atoms with van der Waals surface area (Å²) in [5.74, 6) is -0.476. The van der Waals surface area contributed by atoms with E-state index in [-0.39, 0.29) is 25.3 Å². The van der Waals surface area contributed by atoms with Crippen molar-refractivity contribution in [2.24, 2.45) is 0 Å². The van der Waals surface area contributed by atoms with Gasteiger partial charge in [-0.2, -0.15) is 0 Å². The highest BCUT2D eigenvalue weighted by Gasteiger charge is 2.24. The fourth-order valence-electron chi connectivity index (χ4n) is 3.82. The first-order valence-electron chi connectivity index (χ1n) is 11.6. The van der Waals surface area contributed by atoms with Gasteiger partial charge in [0, 0.05) is 24.8 Å². The molecule has 3 aromatic carbocycles. The van der Waals surface area contributed by atoms with Crippen molar-refractivity contribution in [1.82, 2.24) is 4.90 Å². The Morgan fingerprint density at radius 2 is 1.46 bits per heavy atom. The zero-order valence-electron chi connectivity index (χ0n) is 19.3. The van der Waals surface area contributed by atoms with Gasteiger partial charge in [-0.25, -0.2) is 14.0 Å². The van der Waals surface area contributed by atoms with Gasteiger partial charge in [0.05, 0.1) is 5.69 Å². The Hall–Kier alpha value is -4.07. The number of anilines is 2. The summed E-state index contributed by atoms with van der Waals surface area (Å²) in [7, 11) is 0. The average Bonchev–Trinajstić information content (AvgIpc) is 2.89. The molecular weight excluding hydrogens is 449 g/mol. The Kier molecular flexibility index (Phi) is 8.17. The molecule has 1 fully saturated rings. The summed E-state index contributed by atoms with van der Waals surface area (Å²) in [6.07, 6.45) is 0.353. The van der Waals surface area contributed by atoms with E-state index in [0.717, 1.165) is 11.1 Å². The van der Waals surface area contributed by atoms with Crippen LogP contribution >= 0.6 is 0 Å². The summed E-state index contributed by atoms with van der Waals surface area (Å²) < 4.78 is 25.2. The number of rotatable bonds is 7. The molecule has 0 aromatic heterocycles. The van der Waals surface area contributed by atoms with Crippen molar-refractivity contribution in [2.45, 2.75) is 32.1 Å². The SMILES string of the molecule is O=C(Nc1ccc(NC2CCN(C(=O)OCc3ccccc3)CC2)c(F)c1)OCc1ccccc1. The van der Waals surface area contributed by atoms with Crippen molar-refractivity contribution in [3.8, 4) is 0 Å². The summed E-state index contributed by atoms with van der Waals surface area (Å²) >= 11 is 0. The third-order valence-electron chi connectivity index (χ3n) is 5.75. The maximum atomic E-state index is 14.6. The molecule has 8 heteroatoms. The summed E-state index contributed by atoms with van der Waals surface area (Å²) in [6.45, 7) is 1.43. The van der Waals surface area contributed by atoms with Crippen molar-refractivity contribution < 1.29 is 23.5 Å². The largest absolute Gasteiger partial charge is 0.445 e. The number of ether oxygens (including phenoxy) is 2. The summed E-state index contributed by atoms with van der Waals surface area (Å²) in [4.78, 5) is 26.0. The fourth-order valence-corrected chi connectivity index (χ4v) is 3.82. The smallest absolute Gasteiger partial charge is 0.411 e. The molecular formula is C27H28FN3O4. The molecule has 3 aromatic rings. The van der Waals surface area contributed by atoms with Gasteiger partial charge in [0.1, 0.15) is 19.0 Å². The summed E-state index contributed by atoms with van der Waals surface area (Å²) in [5.41, 5.74) is 2.46. The lowest BCUT2D eigenvalue weighted by Crippen LogP contribution is -2.42. The molecule has 1 saturated heterocycles. The molecule has 0 saturated carbocycles. The van der Waals surface area contributed by atoms with Gasteiger partial charge in [-0.3, -0.25) is 5.32 Å². The van der Waals surface area contributed by atoms with Gasteiger partial charge >= 0.3 is 12.2 Å². The number of halogens is 1. The average molecular weight is 478 g/mol. The fraction of sp³-hybridized carbons (Fsp3) is 0.259. The van der Waals surface area contributed by atoms with Gasteiger partial charge < -0.3 is 19.7 Å². The second-order valence-electron chi connectivity index (χ2n) is 8.33. The van der Waals surface area contributed by atoms with Crippen LogP contribution in [-0.4, -0.2) is 36.2 Å². The predicted molar refractivity (Wildman–Crippen MR) is 131 cm³/mol. The van der Waals surface area contributed by atoms with Crippen molar-refractivity contribution in [2.75, 3.05) is 23.7 Å². The quantitative estimate of drug-likeness (QED) is 0.450. The van der Waals surface area contributed by atoms with E-state index in [2.05, 4.69) is 10.6 Å². The normalized spacial score (nSPS) is 13.7. The van der Waals surface area contributed by atoms with Crippen LogP contribution in [0.4, 0.5) is 25.4 Å². The monoisotopic (exact) mass is 477 g/mol. The lowest BCUT2D eigenvalue weighted by molar-refractivity contribution is 0.0881. The van der Waals surface area contributed by atoms with Gasteiger partial charge in [-0.1, -0.05) is 60.7 Å². The van der Waals surface area contributed by atoms with Gasteiger partial charge in [0.25, 0.3) is 0 Å². The Labute approximate surface area is 203 Å². The van der Waals surface area contributed by atoms with Crippen molar-refractivity contribution in [1.29, 1.82) is 0 Å². The number of amides is 2. The molecule has 0 radical (unpaired) electrons. The number of benzene rings is 3. The summed E-state index contributed by atoms with van der Waals surface area (Å²) in [6, 6.07) is 23.3. The van der Waals surface area contributed by atoms with Gasteiger partial charge in [-0.05, 0) is 42.2 Å². The van der Waals surface area contributed by atoms with Crippen LogP contribution in [0.3, 0.4) is 0 Å². The maximum Gasteiger partial charge on any atom is 0.411 e. The molecule has 2 N–H and O–H groups in total. The van der Waals surface area contributed by atoms with E-state index in [1.165, 1.54) is 6.07 Å². The molecule has 0 bridgehead atoms. The number of carbonyl (C=O) groups excluding carboxylic acids is 2. The van der Waals surface area contributed by atoms with E-state index in [0.29, 0.717) is 37.3 Å². The molecule has 182 valence electrons. The molecule has 0 atom stereocenters. The minimum atomic E-state index is -0.652. The van der Waals surface area contributed by atoms with Gasteiger partial charge in [0.2, 0.25) is 0 Å². The minimum Gasteiger partial charge on any atom is -0.445 e. The van der Waals surface area contributed by atoms with E-state index in [4.69, 9.17) is 9.47 Å². The number of carbonyl (C=O) groups is 2. The Bertz CT molecular complexity index is 1120. The molecule has 1 heterocycles. The number of hydrogen-bond donors (Lipinski definition) is 2. The van der Waals surface area contributed by atoms with Crippen LogP contribution in [0.25, 0.3) is 0 Å². The Balaban J connectivity index is 1.20. The highest BCUT2D eigenvalue weighted by molar-refractivity contribution is 5.84. The predicted octanol–water partition coefficient (Wildman–Crippen LogP) is 5.79. The highest BCUT2D eigenvalue weighted by atomic mass is 19.1. The van der Waals surface area contributed by atoms with E-state index in [1.807, 2.05) is 60.7 Å². The van der Waals surface area contributed by atoms with E-state index in [1.54, 1.807) is 17.0 Å². The van der Waals surface area contributed by atoms with Gasteiger partial charge in [-0.15, -0.1) is 0 Å². The van der Waals surface area contributed by atoms with E-state index < -0.39 is 11.9 Å². The molecule has 7 nitrogen and oxygen atoms in total. The Morgan fingerprint density at radius 3 is 2.06 bits per heavy atom. The number of nitrogens with one attached hydrogen (secondary N) is 2. The third kappa shape index (κ3) is 7.20. The topological polar surface area (TPSA) is 79.9 Å². The van der Waals surface area contributed by atoms with Crippen LogP contribution in [0.15, 0.2) is 78.9 Å². The first-order valence-corrected chi connectivity index (χ1v) is 11.6. The molecule has 0 unspecified atom stereocenters. The molecule has 1 aliphatic heterocycles. The van der Waals surface area contributed by atoms with Crippen molar-refractivity contribution in [3.63, 3.8) is 0 Å². The van der Waals surface area contributed by atoms with Crippen LogP contribution in [0.2, 0.25) is 0 Å². The number of likely N-dealkylation sites (tertiary alicyclic amines) is 1. The highest BCUT2D eigenvalue weighted by Crippen LogP contribution is 2.23. The standard InChI is InChI=1S/C27H28FN3O4/c28-24-17-23(30-26(32)34-18-20-7-3-1-4-8-20)11-12-25(24)29-22-13-15-31(16-14-22)27(33)35-19-21-9-5-2-6-10-21/h1-12,17,22,29H,13-16,18-19H2,(H,30,32). The molecule has 0 spiro atoms. The van der Waals surface area contributed by atoms with Crippen molar-refractivity contribution in [3.05, 3.63) is 95.8 Å². The molecule has 1 aliphatic rings. The van der Waals surface area contributed by atoms with Gasteiger partial charge in [0.15, 0.2) is 0 Å². The molecule has 0 aliphatic carbocycles. The first kappa shape index (κ1) is 24.1.